The first-order chi connectivity index (χ1) is 12.9. The lowest BCUT2D eigenvalue weighted by Crippen LogP contribution is -2.26. The van der Waals surface area contributed by atoms with Crippen molar-refractivity contribution in [1.29, 1.82) is 0 Å². The fourth-order valence-electron chi connectivity index (χ4n) is 3.11. The number of methoxy groups -OCH3 is 1. The molecular weight excluding hydrogens is 344 g/mol. The normalized spacial score (nSPS) is 11.9. The van der Waals surface area contributed by atoms with Crippen molar-refractivity contribution in [3.8, 4) is 0 Å². The van der Waals surface area contributed by atoms with E-state index in [9.17, 15) is 9.59 Å². The SMILES string of the molecule is COCCOOC(=O)C(C(=O)c1c(C)cc(C)c(C)c1C)c1ccccc1. The zero-order chi connectivity index (χ0) is 20.0. The van der Waals surface area contributed by atoms with Crippen molar-refractivity contribution in [3.63, 3.8) is 0 Å². The smallest absolute Gasteiger partial charge is 0.357 e. The minimum absolute atomic E-state index is 0.0969. The van der Waals surface area contributed by atoms with Crippen molar-refractivity contribution in [1.82, 2.24) is 0 Å². The Morgan fingerprint density at radius 1 is 0.926 bits per heavy atom. The third-order valence-corrected chi connectivity index (χ3v) is 4.75. The van der Waals surface area contributed by atoms with Crippen molar-refractivity contribution in [2.24, 2.45) is 0 Å². The molecule has 5 nitrogen and oxygen atoms in total. The molecule has 0 heterocycles. The van der Waals surface area contributed by atoms with Crippen LogP contribution in [0.5, 0.6) is 0 Å². The maximum Gasteiger partial charge on any atom is 0.357 e. The molecule has 27 heavy (non-hydrogen) atoms. The third-order valence-electron chi connectivity index (χ3n) is 4.75. The highest BCUT2D eigenvalue weighted by atomic mass is 17.2. The lowest BCUT2D eigenvalue weighted by atomic mass is 9.84. The van der Waals surface area contributed by atoms with E-state index in [1.165, 1.54) is 7.11 Å². The van der Waals surface area contributed by atoms with Crippen molar-refractivity contribution < 1.29 is 24.1 Å². The molecule has 1 unspecified atom stereocenters. The quantitative estimate of drug-likeness (QED) is 0.231. The lowest BCUT2D eigenvalue weighted by Gasteiger charge is -2.19. The first-order valence-electron chi connectivity index (χ1n) is 8.87. The van der Waals surface area contributed by atoms with Crippen LogP contribution in [0.4, 0.5) is 0 Å². The van der Waals surface area contributed by atoms with Gasteiger partial charge in [0.05, 0.1) is 6.61 Å². The molecule has 0 aliphatic heterocycles. The van der Waals surface area contributed by atoms with Gasteiger partial charge in [-0.15, -0.1) is 0 Å². The molecule has 0 aromatic heterocycles. The van der Waals surface area contributed by atoms with Crippen LogP contribution in [0.15, 0.2) is 36.4 Å². The van der Waals surface area contributed by atoms with Crippen LogP contribution in [0.3, 0.4) is 0 Å². The molecule has 5 heteroatoms. The Labute approximate surface area is 160 Å². The Hall–Kier alpha value is -2.50. The van der Waals surface area contributed by atoms with Gasteiger partial charge >= 0.3 is 5.97 Å². The number of ketones is 1. The van der Waals surface area contributed by atoms with Gasteiger partial charge in [-0.05, 0) is 55.5 Å². The van der Waals surface area contributed by atoms with Gasteiger partial charge in [-0.2, -0.15) is 4.89 Å². The number of rotatable bonds is 8. The first-order valence-corrected chi connectivity index (χ1v) is 8.87. The van der Waals surface area contributed by atoms with Crippen LogP contribution in [-0.4, -0.2) is 32.1 Å². The van der Waals surface area contributed by atoms with Gasteiger partial charge in [-0.25, -0.2) is 4.79 Å². The van der Waals surface area contributed by atoms with Crippen molar-refractivity contribution in [3.05, 3.63) is 69.8 Å². The molecule has 0 aliphatic carbocycles. The average Bonchev–Trinajstić information content (AvgIpc) is 2.64. The first kappa shape index (κ1) is 20.8. The summed E-state index contributed by atoms with van der Waals surface area (Å²) >= 11 is 0. The van der Waals surface area contributed by atoms with E-state index in [1.54, 1.807) is 24.3 Å². The van der Waals surface area contributed by atoms with Crippen molar-refractivity contribution >= 4 is 11.8 Å². The molecule has 144 valence electrons. The van der Waals surface area contributed by atoms with Gasteiger partial charge in [0, 0.05) is 12.7 Å². The summed E-state index contributed by atoms with van der Waals surface area (Å²) in [6, 6.07) is 10.9. The molecule has 0 bridgehead atoms. The monoisotopic (exact) mass is 370 g/mol. The molecule has 0 amide bonds. The number of benzene rings is 2. The second kappa shape index (κ2) is 9.44. The Bertz CT molecular complexity index is 811. The van der Waals surface area contributed by atoms with Crippen LogP contribution in [-0.2, 0) is 19.3 Å². The molecule has 0 saturated heterocycles. The van der Waals surface area contributed by atoms with E-state index in [4.69, 9.17) is 14.5 Å². The van der Waals surface area contributed by atoms with Crippen LogP contribution in [0.25, 0.3) is 0 Å². The Morgan fingerprint density at radius 2 is 1.59 bits per heavy atom. The topological polar surface area (TPSA) is 61.8 Å². The fourth-order valence-corrected chi connectivity index (χ4v) is 3.11. The molecule has 0 radical (unpaired) electrons. The maximum absolute atomic E-state index is 13.4. The zero-order valence-electron chi connectivity index (χ0n) is 16.5. The number of hydrogen-bond acceptors (Lipinski definition) is 5. The predicted molar refractivity (Wildman–Crippen MR) is 103 cm³/mol. The van der Waals surface area contributed by atoms with Gasteiger partial charge < -0.3 is 4.74 Å². The van der Waals surface area contributed by atoms with Gasteiger partial charge in [0.1, 0.15) is 12.5 Å². The third kappa shape index (κ3) is 4.81. The van der Waals surface area contributed by atoms with Gasteiger partial charge in [-0.3, -0.25) is 9.68 Å². The molecule has 2 aromatic carbocycles. The highest BCUT2D eigenvalue weighted by Crippen LogP contribution is 2.29. The predicted octanol–water partition coefficient (Wildman–Crippen LogP) is 4.01. The van der Waals surface area contributed by atoms with Gasteiger partial charge in [0.2, 0.25) is 0 Å². The van der Waals surface area contributed by atoms with E-state index in [0.717, 1.165) is 22.3 Å². The summed E-state index contributed by atoms with van der Waals surface area (Å²) in [4.78, 5) is 35.9. The van der Waals surface area contributed by atoms with E-state index in [0.29, 0.717) is 11.1 Å². The summed E-state index contributed by atoms with van der Waals surface area (Å²) in [5.74, 6) is -2.12. The van der Waals surface area contributed by atoms with Crippen LogP contribution < -0.4 is 0 Å². The molecule has 0 N–H and O–H groups in total. The summed E-state index contributed by atoms with van der Waals surface area (Å²) in [6.45, 7) is 8.16. The number of Topliss-reactive ketones (excluding diaryl/α,β-unsaturated/α-hetero) is 1. The van der Waals surface area contributed by atoms with Crippen LogP contribution in [0.2, 0.25) is 0 Å². The molecule has 2 aromatic rings. The standard InChI is InChI=1S/C22H26O5/c1-14-13-15(2)19(17(4)16(14)3)21(23)20(18-9-7-6-8-10-18)22(24)27-26-12-11-25-5/h6-10,13,20H,11-12H2,1-5H3. The maximum atomic E-state index is 13.4. The second-order valence-electron chi connectivity index (χ2n) is 6.56. The summed E-state index contributed by atoms with van der Waals surface area (Å²) in [6.07, 6.45) is 0. The van der Waals surface area contributed by atoms with E-state index in [-0.39, 0.29) is 19.0 Å². The molecule has 0 saturated carbocycles. The Balaban J connectivity index is 2.41. The summed E-state index contributed by atoms with van der Waals surface area (Å²) in [5.41, 5.74) is 5.01. The van der Waals surface area contributed by atoms with Gasteiger partial charge in [-0.1, -0.05) is 36.4 Å². The Kier molecular flexibility index (Phi) is 7.28. The fraction of sp³-hybridized carbons (Fsp3) is 0.364. The lowest BCUT2D eigenvalue weighted by molar-refractivity contribution is -0.276. The minimum atomic E-state index is -1.09. The minimum Gasteiger partial charge on any atom is -0.382 e. The molecule has 0 spiro atoms. The number of carbonyl (C=O) groups excluding carboxylic acids is 2. The number of hydrogen-bond donors (Lipinski definition) is 0. The Morgan fingerprint density at radius 3 is 2.22 bits per heavy atom. The molecule has 2 rings (SSSR count). The van der Waals surface area contributed by atoms with Crippen LogP contribution in [0.1, 0.15) is 44.1 Å². The number of ether oxygens (including phenoxy) is 1. The van der Waals surface area contributed by atoms with E-state index in [1.807, 2.05) is 39.8 Å². The van der Waals surface area contributed by atoms with Crippen molar-refractivity contribution in [2.75, 3.05) is 20.3 Å². The average molecular weight is 370 g/mol. The zero-order valence-corrected chi connectivity index (χ0v) is 16.5. The molecule has 0 aliphatic rings. The van der Waals surface area contributed by atoms with Crippen molar-refractivity contribution in [2.45, 2.75) is 33.6 Å². The molecular formula is C22H26O5. The number of carbonyl (C=O) groups is 2. The second-order valence-corrected chi connectivity index (χ2v) is 6.56. The van der Waals surface area contributed by atoms with E-state index in [2.05, 4.69) is 0 Å². The van der Waals surface area contributed by atoms with Gasteiger partial charge in [0.25, 0.3) is 0 Å². The summed E-state index contributed by atoms with van der Waals surface area (Å²) in [5, 5.41) is 0. The number of aryl methyl sites for hydroxylation is 2. The highest BCUT2D eigenvalue weighted by Gasteiger charge is 2.33. The largest absolute Gasteiger partial charge is 0.382 e. The summed E-state index contributed by atoms with van der Waals surface area (Å²) in [7, 11) is 1.52. The highest BCUT2D eigenvalue weighted by molar-refractivity contribution is 6.14. The van der Waals surface area contributed by atoms with Crippen LogP contribution >= 0.6 is 0 Å². The molecule has 0 fully saturated rings. The van der Waals surface area contributed by atoms with Crippen LogP contribution in [0, 0.1) is 27.7 Å². The van der Waals surface area contributed by atoms with E-state index < -0.39 is 11.9 Å². The summed E-state index contributed by atoms with van der Waals surface area (Å²) < 4.78 is 4.86. The van der Waals surface area contributed by atoms with E-state index >= 15 is 0 Å². The van der Waals surface area contributed by atoms with Gasteiger partial charge in [0.15, 0.2) is 5.78 Å². The molecule has 1 atom stereocenters.